The molecule has 0 heterocycles. The first kappa shape index (κ1) is 13.2. The van der Waals surface area contributed by atoms with E-state index >= 15 is 0 Å². The van der Waals surface area contributed by atoms with E-state index in [1.54, 1.807) is 14.2 Å². The third kappa shape index (κ3) is 3.39. The fourth-order valence-corrected chi connectivity index (χ4v) is 2.35. The van der Waals surface area contributed by atoms with Crippen LogP contribution >= 0.6 is 0 Å². The van der Waals surface area contributed by atoms with Crippen LogP contribution in [0.1, 0.15) is 24.8 Å². The van der Waals surface area contributed by atoms with Gasteiger partial charge in [0.2, 0.25) is 0 Å². The second-order valence-electron chi connectivity index (χ2n) is 5.06. The highest BCUT2D eigenvalue weighted by molar-refractivity contribution is 5.43. The van der Waals surface area contributed by atoms with Gasteiger partial charge in [0.05, 0.1) is 14.2 Å². The van der Waals surface area contributed by atoms with Crippen LogP contribution in [-0.2, 0) is 6.42 Å². The molecule has 1 saturated carbocycles. The molecule has 1 atom stereocenters. The summed E-state index contributed by atoms with van der Waals surface area (Å²) in [5, 5.41) is 3.42. The van der Waals surface area contributed by atoms with E-state index in [1.807, 2.05) is 13.1 Å². The van der Waals surface area contributed by atoms with Gasteiger partial charge in [0.25, 0.3) is 0 Å². The van der Waals surface area contributed by atoms with Gasteiger partial charge in [-0.05, 0) is 43.5 Å². The van der Waals surface area contributed by atoms with Gasteiger partial charge in [-0.2, -0.15) is 0 Å². The lowest BCUT2D eigenvalue weighted by Gasteiger charge is -2.17. The van der Waals surface area contributed by atoms with Crippen molar-refractivity contribution >= 4 is 0 Å². The lowest BCUT2D eigenvalue weighted by molar-refractivity contribution is 0.354. The Morgan fingerprint density at radius 3 is 2.50 bits per heavy atom. The Bertz CT molecular complexity index is 388. The number of nitrogens with one attached hydrogen (secondary N) is 1. The van der Waals surface area contributed by atoms with E-state index in [0.717, 1.165) is 23.8 Å². The number of hydrogen-bond donors (Lipinski definition) is 1. The van der Waals surface area contributed by atoms with Gasteiger partial charge in [0.1, 0.15) is 0 Å². The van der Waals surface area contributed by atoms with Crippen molar-refractivity contribution in [2.24, 2.45) is 5.92 Å². The summed E-state index contributed by atoms with van der Waals surface area (Å²) in [4.78, 5) is 0. The van der Waals surface area contributed by atoms with Crippen LogP contribution in [0.5, 0.6) is 11.5 Å². The molecule has 18 heavy (non-hydrogen) atoms. The number of hydrogen-bond acceptors (Lipinski definition) is 3. The van der Waals surface area contributed by atoms with Gasteiger partial charge in [0.15, 0.2) is 11.5 Å². The molecule has 3 heteroatoms. The summed E-state index contributed by atoms with van der Waals surface area (Å²) in [6.07, 6.45) is 5.15. The Morgan fingerprint density at radius 2 is 1.94 bits per heavy atom. The van der Waals surface area contributed by atoms with E-state index in [-0.39, 0.29) is 0 Å². The van der Waals surface area contributed by atoms with Crippen molar-refractivity contribution in [1.82, 2.24) is 5.32 Å². The smallest absolute Gasteiger partial charge is 0.160 e. The monoisotopic (exact) mass is 249 g/mol. The lowest BCUT2D eigenvalue weighted by atomic mass is 10.0. The standard InChI is InChI=1S/C15H23NO2/c1-16-13(8-11-4-5-11)9-12-6-7-14(17-2)15(10-12)18-3/h6-7,10-11,13,16H,4-5,8-9H2,1-3H3. The molecular formula is C15H23NO2. The number of likely N-dealkylation sites (N-methyl/N-ethyl adjacent to an activating group) is 1. The quantitative estimate of drug-likeness (QED) is 0.806. The summed E-state index contributed by atoms with van der Waals surface area (Å²) in [5.41, 5.74) is 1.30. The van der Waals surface area contributed by atoms with Gasteiger partial charge in [-0.3, -0.25) is 0 Å². The molecule has 1 fully saturated rings. The van der Waals surface area contributed by atoms with Crippen molar-refractivity contribution in [3.63, 3.8) is 0 Å². The first-order chi connectivity index (χ1) is 8.76. The van der Waals surface area contributed by atoms with E-state index in [2.05, 4.69) is 17.4 Å². The topological polar surface area (TPSA) is 30.5 Å². The third-order valence-electron chi connectivity index (χ3n) is 3.65. The predicted molar refractivity (Wildman–Crippen MR) is 73.4 cm³/mol. The van der Waals surface area contributed by atoms with Crippen molar-refractivity contribution < 1.29 is 9.47 Å². The summed E-state index contributed by atoms with van der Waals surface area (Å²) < 4.78 is 10.6. The number of ether oxygens (including phenoxy) is 2. The minimum Gasteiger partial charge on any atom is -0.493 e. The second kappa shape index (κ2) is 6.10. The van der Waals surface area contributed by atoms with E-state index < -0.39 is 0 Å². The largest absolute Gasteiger partial charge is 0.493 e. The normalized spacial score (nSPS) is 16.4. The molecule has 3 nitrogen and oxygen atoms in total. The fraction of sp³-hybridized carbons (Fsp3) is 0.600. The van der Waals surface area contributed by atoms with E-state index in [1.165, 1.54) is 24.8 Å². The molecule has 0 aliphatic heterocycles. The maximum absolute atomic E-state index is 5.34. The average Bonchev–Trinajstić information content (AvgIpc) is 3.21. The summed E-state index contributed by atoms with van der Waals surface area (Å²) >= 11 is 0. The molecule has 2 rings (SSSR count). The zero-order valence-corrected chi connectivity index (χ0v) is 11.5. The Balaban J connectivity index is 2.02. The van der Waals surface area contributed by atoms with Crippen LogP contribution in [0.3, 0.4) is 0 Å². The van der Waals surface area contributed by atoms with Gasteiger partial charge in [-0.1, -0.05) is 18.9 Å². The molecule has 0 bridgehead atoms. The molecule has 0 radical (unpaired) electrons. The van der Waals surface area contributed by atoms with Crippen LogP contribution in [0.25, 0.3) is 0 Å². The highest BCUT2D eigenvalue weighted by atomic mass is 16.5. The molecule has 1 aromatic carbocycles. The fourth-order valence-electron chi connectivity index (χ4n) is 2.35. The number of benzene rings is 1. The Kier molecular flexibility index (Phi) is 4.48. The molecule has 100 valence electrons. The second-order valence-corrected chi connectivity index (χ2v) is 5.06. The molecule has 0 amide bonds. The maximum atomic E-state index is 5.34. The molecule has 1 aromatic rings. The van der Waals surface area contributed by atoms with Crippen molar-refractivity contribution in [1.29, 1.82) is 0 Å². The molecule has 1 aliphatic carbocycles. The predicted octanol–water partition coefficient (Wildman–Crippen LogP) is 2.63. The first-order valence-corrected chi connectivity index (χ1v) is 6.65. The number of methoxy groups -OCH3 is 2. The highest BCUT2D eigenvalue weighted by Gasteiger charge is 2.24. The Labute approximate surface area is 109 Å². The molecular weight excluding hydrogens is 226 g/mol. The summed E-state index contributed by atoms with van der Waals surface area (Å²) in [6, 6.07) is 6.75. The van der Waals surface area contributed by atoms with Gasteiger partial charge >= 0.3 is 0 Å². The van der Waals surface area contributed by atoms with Crippen LogP contribution in [0.4, 0.5) is 0 Å². The zero-order valence-electron chi connectivity index (χ0n) is 11.5. The van der Waals surface area contributed by atoms with Gasteiger partial charge in [-0.15, -0.1) is 0 Å². The minimum atomic E-state index is 0.565. The molecule has 0 aromatic heterocycles. The van der Waals surface area contributed by atoms with Crippen molar-refractivity contribution in [3.8, 4) is 11.5 Å². The Morgan fingerprint density at radius 1 is 1.22 bits per heavy atom. The van der Waals surface area contributed by atoms with Crippen LogP contribution in [-0.4, -0.2) is 27.3 Å². The summed E-state index contributed by atoms with van der Waals surface area (Å²) in [6.45, 7) is 0. The van der Waals surface area contributed by atoms with Crippen LogP contribution in [0, 0.1) is 5.92 Å². The van der Waals surface area contributed by atoms with Gasteiger partial charge < -0.3 is 14.8 Å². The molecule has 0 saturated heterocycles. The van der Waals surface area contributed by atoms with E-state index in [9.17, 15) is 0 Å². The van der Waals surface area contributed by atoms with Crippen LogP contribution in [0.15, 0.2) is 18.2 Å². The summed E-state index contributed by atoms with van der Waals surface area (Å²) in [5.74, 6) is 2.56. The average molecular weight is 249 g/mol. The highest BCUT2D eigenvalue weighted by Crippen LogP contribution is 2.34. The van der Waals surface area contributed by atoms with E-state index in [4.69, 9.17) is 9.47 Å². The molecule has 1 aliphatic rings. The number of rotatable bonds is 7. The zero-order chi connectivity index (χ0) is 13.0. The lowest BCUT2D eigenvalue weighted by Crippen LogP contribution is -2.28. The maximum Gasteiger partial charge on any atom is 0.160 e. The molecule has 0 spiro atoms. The van der Waals surface area contributed by atoms with Crippen molar-refractivity contribution in [2.45, 2.75) is 31.7 Å². The summed E-state index contributed by atoms with van der Waals surface area (Å²) in [7, 11) is 5.40. The minimum absolute atomic E-state index is 0.565. The molecule has 1 N–H and O–H groups in total. The van der Waals surface area contributed by atoms with Gasteiger partial charge in [0, 0.05) is 6.04 Å². The van der Waals surface area contributed by atoms with Crippen LogP contribution < -0.4 is 14.8 Å². The van der Waals surface area contributed by atoms with Crippen molar-refractivity contribution in [3.05, 3.63) is 23.8 Å². The van der Waals surface area contributed by atoms with Crippen LogP contribution in [0.2, 0.25) is 0 Å². The van der Waals surface area contributed by atoms with E-state index in [0.29, 0.717) is 6.04 Å². The third-order valence-corrected chi connectivity index (χ3v) is 3.65. The van der Waals surface area contributed by atoms with Crippen molar-refractivity contribution in [2.75, 3.05) is 21.3 Å². The molecule has 1 unspecified atom stereocenters. The Hall–Kier alpha value is -1.22. The SMILES string of the molecule is CNC(Cc1ccc(OC)c(OC)c1)CC1CC1. The first-order valence-electron chi connectivity index (χ1n) is 6.65. The van der Waals surface area contributed by atoms with Gasteiger partial charge in [-0.25, -0.2) is 0 Å².